The van der Waals surface area contributed by atoms with E-state index in [9.17, 15) is 8.78 Å². The van der Waals surface area contributed by atoms with Crippen LogP contribution in [0.1, 0.15) is 48.4 Å². The normalized spacial score (nSPS) is 21.8. The molecule has 4 nitrogen and oxygen atoms in total. The molecular weight excluding hydrogens is 430 g/mol. The van der Waals surface area contributed by atoms with Crippen molar-refractivity contribution in [1.29, 1.82) is 0 Å². The summed E-state index contributed by atoms with van der Waals surface area (Å²) in [6.07, 6.45) is 5.88. The molecule has 0 radical (unpaired) electrons. The van der Waals surface area contributed by atoms with Crippen molar-refractivity contribution in [2.45, 2.75) is 51.6 Å². The minimum absolute atomic E-state index is 0.0508. The molecule has 0 fully saturated rings. The van der Waals surface area contributed by atoms with Crippen molar-refractivity contribution in [3.05, 3.63) is 70.8 Å². The predicted octanol–water partition coefficient (Wildman–Crippen LogP) is 5.95. The van der Waals surface area contributed by atoms with Gasteiger partial charge in [-0.05, 0) is 73.6 Å². The maximum Gasteiger partial charge on any atom is 0.126 e. The number of aliphatic imine (C=N–C) groups is 3. The lowest BCUT2D eigenvalue weighted by molar-refractivity contribution is 0.501. The Bertz CT molecular complexity index is 1230. The minimum Gasteiger partial charge on any atom is -0.370 e. The number of rotatable bonds is 4. The van der Waals surface area contributed by atoms with Crippen LogP contribution in [0.25, 0.3) is 5.70 Å². The maximum absolute atomic E-state index is 14.1. The van der Waals surface area contributed by atoms with Crippen LogP contribution < -0.4 is 0 Å². The van der Waals surface area contributed by atoms with Gasteiger partial charge < -0.3 is 4.90 Å². The first-order chi connectivity index (χ1) is 16.4. The van der Waals surface area contributed by atoms with E-state index in [1.807, 2.05) is 13.1 Å². The first-order valence-corrected chi connectivity index (χ1v) is 12.0. The highest BCUT2D eigenvalue weighted by Crippen LogP contribution is 2.37. The highest BCUT2D eigenvalue weighted by Gasteiger charge is 2.28. The number of aryl methyl sites for hydroxylation is 1. The summed E-state index contributed by atoms with van der Waals surface area (Å²) in [5, 5.41) is 0. The standard InChI is InChI=1S/C28H30F2N4/c1-17(11-20-13-22(29)7-8-25(20)30)32-27-9-10-31-15-24(27)26-6-4-5-19-12-21-16-34(3)18(2)23(21)14-28(19)33-26/h7-8,10,12-14,17,24H,2,4-6,9,11,15-16H2,1,3H3. The van der Waals surface area contributed by atoms with Gasteiger partial charge in [-0.1, -0.05) is 12.6 Å². The topological polar surface area (TPSA) is 40.3 Å². The maximum atomic E-state index is 14.1. The van der Waals surface area contributed by atoms with Crippen LogP contribution in [0.4, 0.5) is 14.5 Å². The summed E-state index contributed by atoms with van der Waals surface area (Å²) in [6.45, 7) is 7.72. The highest BCUT2D eigenvalue weighted by atomic mass is 19.1. The molecule has 0 aliphatic carbocycles. The predicted molar refractivity (Wildman–Crippen MR) is 135 cm³/mol. The fourth-order valence-electron chi connectivity index (χ4n) is 5.24. The van der Waals surface area contributed by atoms with E-state index < -0.39 is 5.82 Å². The molecule has 0 amide bonds. The average Bonchev–Trinajstić information content (AvgIpc) is 2.96. The average molecular weight is 461 g/mol. The second kappa shape index (κ2) is 9.24. The summed E-state index contributed by atoms with van der Waals surface area (Å²) in [4.78, 5) is 16.8. The molecule has 34 heavy (non-hydrogen) atoms. The van der Waals surface area contributed by atoms with E-state index >= 15 is 0 Å². The van der Waals surface area contributed by atoms with E-state index in [0.717, 1.165) is 54.7 Å². The molecule has 0 bridgehead atoms. The molecule has 2 aromatic rings. The van der Waals surface area contributed by atoms with Gasteiger partial charge in [0.15, 0.2) is 0 Å². The van der Waals surface area contributed by atoms with Crippen LogP contribution in [0.5, 0.6) is 0 Å². The zero-order chi connectivity index (χ0) is 23.8. The molecule has 3 heterocycles. The van der Waals surface area contributed by atoms with Crippen LogP contribution in [0.15, 0.2) is 51.9 Å². The van der Waals surface area contributed by atoms with E-state index in [0.29, 0.717) is 24.9 Å². The fourth-order valence-corrected chi connectivity index (χ4v) is 5.24. The number of nitrogens with zero attached hydrogens (tertiary/aromatic N) is 4. The van der Waals surface area contributed by atoms with E-state index in [1.165, 1.54) is 28.8 Å². The summed E-state index contributed by atoms with van der Waals surface area (Å²) < 4.78 is 27.7. The van der Waals surface area contributed by atoms with Gasteiger partial charge in [-0.2, -0.15) is 0 Å². The molecule has 0 N–H and O–H groups in total. The molecular formula is C28H30F2N4. The molecule has 0 aromatic heterocycles. The molecule has 2 atom stereocenters. The van der Waals surface area contributed by atoms with Crippen molar-refractivity contribution in [1.82, 2.24) is 4.90 Å². The largest absolute Gasteiger partial charge is 0.370 e. The molecule has 6 heteroatoms. The Labute approximate surface area is 199 Å². The third kappa shape index (κ3) is 4.46. The van der Waals surface area contributed by atoms with Crippen molar-refractivity contribution in [3.8, 4) is 0 Å². The van der Waals surface area contributed by atoms with Gasteiger partial charge in [-0.15, -0.1) is 0 Å². The van der Waals surface area contributed by atoms with Gasteiger partial charge in [0.05, 0.1) is 24.2 Å². The quantitative estimate of drug-likeness (QED) is 0.556. The zero-order valence-electron chi connectivity index (χ0n) is 19.8. The molecule has 0 saturated heterocycles. The summed E-state index contributed by atoms with van der Waals surface area (Å²) in [6, 6.07) is 7.92. The molecule has 0 saturated carbocycles. The van der Waals surface area contributed by atoms with E-state index in [-0.39, 0.29) is 17.8 Å². The van der Waals surface area contributed by atoms with Crippen molar-refractivity contribution in [3.63, 3.8) is 0 Å². The monoisotopic (exact) mass is 460 g/mol. The SMILES string of the molecule is C=C1c2cc3c(cc2CN1C)CCCC(C1CN=CCC1=NC(C)Cc1cc(F)ccc1F)=N3. The lowest BCUT2D eigenvalue weighted by Gasteiger charge is -2.23. The van der Waals surface area contributed by atoms with Crippen molar-refractivity contribution < 1.29 is 8.78 Å². The van der Waals surface area contributed by atoms with Crippen LogP contribution in [-0.4, -0.2) is 42.2 Å². The number of hydrogen-bond donors (Lipinski definition) is 0. The van der Waals surface area contributed by atoms with Gasteiger partial charge in [0.2, 0.25) is 0 Å². The van der Waals surface area contributed by atoms with E-state index in [2.05, 4.69) is 35.7 Å². The number of halogens is 2. The Morgan fingerprint density at radius 1 is 1.18 bits per heavy atom. The van der Waals surface area contributed by atoms with Gasteiger partial charge in [0.1, 0.15) is 11.6 Å². The van der Waals surface area contributed by atoms with Crippen LogP contribution >= 0.6 is 0 Å². The summed E-state index contributed by atoms with van der Waals surface area (Å²) >= 11 is 0. The van der Waals surface area contributed by atoms with Crippen molar-refractivity contribution >= 4 is 29.0 Å². The molecule has 0 spiro atoms. The van der Waals surface area contributed by atoms with Crippen molar-refractivity contribution in [2.24, 2.45) is 20.9 Å². The molecule has 5 rings (SSSR count). The Kier molecular flexibility index (Phi) is 6.15. The molecule has 2 aromatic carbocycles. The van der Waals surface area contributed by atoms with Gasteiger partial charge >= 0.3 is 0 Å². The van der Waals surface area contributed by atoms with E-state index in [1.54, 1.807) is 0 Å². The number of benzene rings is 2. The summed E-state index contributed by atoms with van der Waals surface area (Å²) in [5.74, 6) is -0.764. The van der Waals surface area contributed by atoms with Gasteiger partial charge in [-0.25, -0.2) is 8.78 Å². The second-order valence-electron chi connectivity index (χ2n) is 9.61. The summed E-state index contributed by atoms with van der Waals surface area (Å²) in [5.41, 5.74) is 8.40. The Morgan fingerprint density at radius 2 is 2.03 bits per heavy atom. The van der Waals surface area contributed by atoms with Gasteiger partial charge in [0, 0.05) is 48.9 Å². The Hall–Kier alpha value is -3.15. The summed E-state index contributed by atoms with van der Waals surface area (Å²) in [7, 11) is 2.07. The first-order valence-electron chi connectivity index (χ1n) is 12.0. The van der Waals surface area contributed by atoms with E-state index in [4.69, 9.17) is 9.98 Å². The fraction of sp³-hybridized carbons (Fsp3) is 0.393. The van der Waals surface area contributed by atoms with Gasteiger partial charge in [-0.3, -0.25) is 15.0 Å². The lowest BCUT2D eigenvalue weighted by Crippen LogP contribution is -2.31. The first kappa shape index (κ1) is 22.6. The highest BCUT2D eigenvalue weighted by molar-refractivity contribution is 6.13. The smallest absolute Gasteiger partial charge is 0.126 e. The minimum atomic E-state index is -0.425. The lowest BCUT2D eigenvalue weighted by atomic mass is 9.90. The molecule has 3 aliphatic heterocycles. The van der Waals surface area contributed by atoms with Crippen LogP contribution in [0, 0.1) is 17.6 Å². The number of hydrogen-bond acceptors (Lipinski definition) is 4. The Morgan fingerprint density at radius 3 is 2.88 bits per heavy atom. The number of fused-ring (bicyclic) bond motifs is 2. The van der Waals surface area contributed by atoms with Crippen LogP contribution in [0.3, 0.4) is 0 Å². The molecule has 176 valence electrons. The zero-order valence-corrected chi connectivity index (χ0v) is 19.8. The van der Waals surface area contributed by atoms with Gasteiger partial charge in [0.25, 0.3) is 0 Å². The second-order valence-corrected chi connectivity index (χ2v) is 9.61. The van der Waals surface area contributed by atoms with Crippen LogP contribution in [-0.2, 0) is 19.4 Å². The Balaban J connectivity index is 1.43. The molecule has 3 aliphatic rings. The third-order valence-electron chi connectivity index (χ3n) is 7.06. The third-order valence-corrected chi connectivity index (χ3v) is 7.06. The van der Waals surface area contributed by atoms with Crippen molar-refractivity contribution in [2.75, 3.05) is 13.6 Å². The molecule has 2 unspecified atom stereocenters. The van der Waals surface area contributed by atoms with Crippen LogP contribution in [0.2, 0.25) is 0 Å².